The molecule has 11 nitrogen and oxygen atoms in total. The number of halogens is 1. The van der Waals surface area contributed by atoms with Crippen LogP contribution < -0.4 is 5.73 Å². The van der Waals surface area contributed by atoms with E-state index in [4.69, 9.17) is 35.1 Å². The normalized spacial score (nSPS) is 11.9. The van der Waals surface area contributed by atoms with E-state index in [2.05, 4.69) is 23.6 Å². The van der Waals surface area contributed by atoms with Crippen LogP contribution in [0.15, 0.2) is 36.7 Å². The number of nitrogens with zero attached hydrogens (tertiary/aromatic N) is 5. The lowest BCUT2D eigenvalue weighted by atomic mass is 10.0. The first-order chi connectivity index (χ1) is 25.4. The summed E-state index contributed by atoms with van der Waals surface area (Å²) >= 11 is 0. The molecule has 0 fully saturated rings. The number of nitrogen functional groups attached to an aromatic ring is 1. The summed E-state index contributed by atoms with van der Waals surface area (Å²) in [6, 6.07) is 8.82. The van der Waals surface area contributed by atoms with Gasteiger partial charge in [0.15, 0.2) is 5.82 Å². The zero-order chi connectivity index (χ0) is 38.2. The molecular weight excluding hydrogens is 682 g/mol. The Morgan fingerprint density at radius 2 is 1.44 bits per heavy atom. The fourth-order valence-corrected chi connectivity index (χ4v) is 6.40. The smallest absolute Gasteiger partial charge is 0.329 e. The van der Waals surface area contributed by atoms with Gasteiger partial charge in [0.2, 0.25) is 0 Å². The highest BCUT2D eigenvalue weighted by Crippen LogP contribution is 2.33. The first-order valence-electron chi connectivity index (χ1n) is 18.9. The minimum Gasteiger partial charge on any atom is -0.508 e. The number of aromatic nitrogens is 3. The lowest BCUT2D eigenvalue weighted by Gasteiger charge is -2.17. The van der Waals surface area contributed by atoms with Crippen LogP contribution >= 0.6 is 8.60 Å². The van der Waals surface area contributed by atoms with Crippen molar-refractivity contribution in [1.29, 1.82) is 10.5 Å². The van der Waals surface area contributed by atoms with E-state index >= 15 is 0 Å². The SMILES string of the molecule is C#N.CCCCCCCCCCCCCCCCCCCCOP(O)OCC(CCc1ccc2c(N)ncnn12)OC.N#Cc1cc(O)cc(F)c1. The van der Waals surface area contributed by atoms with Gasteiger partial charge in [-0.05, 0) is 43.5 Å². The predicted molar refractivity (Wildman–Crippen MR) is 206 cm³/mol. The molecule has 3 aromatic rings. The quantitative estimate of drug-likeness (QED) is 0.0504. The Morgan fingerprint density at radius 1 is 0.885 bits per heavy atom. The van der Waals surface area contributed by atoms with Crippen molar-refractivity contribution in [1.82, 2.24) is 14.6 Å². The standard InChI is InChI=1S/C31H57N4O4P.C7H4FNO.CHN/c1-3-4-5-6-7-8-9-10-11-12-13-14-15-16-17-18-19-20-25-38-40(36)39-26-29(37-2)23-21-28-22-24-30-31(32)33-27-34-35(28)30;8-6-1-5(4-9)2-7(10)3-6;1-2/h22,24,27,29,36H,3-21,23,25-26H2,1-2H3,(H2,32,33,34);1-3,10H;1H. The second-order valence-corrected chi connectivity index (χ2v) is 13.8. The largest absolute Gasteiger partial charge is 0.508 e. The number of phenols is 1. The van der Waals surface area contributed by atoms with Crippen LogP contribution in [-0.2, 0) is 20.2 Å². The van der Waals surface area contributed by atoms with Gasteiger partial charge >= 0.3 is 8.60 Å². The molecule has 0 aliphatic carbocycles. The number of anilines is 1. The highest BCUT2D eigenvalue weighted by atomic mass is 31.2. The average molecular weight is 745 g/mol. The molecule has 0 radical (unpaired) electrons. The highest BCUT2D eigenvalue weighted by molar-refractivity contribution is 7.40. The number of phenolic OH excluding ortho intramolecular Hbond substituents is 1. The van der Waals surface area contributed by atoms with E-state index in [-0.39, 0.29) is 24.0 Å². The van der Waals surface area contributed by atoms with Gasteiger partial charge in [-0.1, -0.05) is 116 Å². The molecule has 290 valence electrons. The third-order valence-corrected chi connectivity index (χ3v) is 9.47. The molecule has 0 amide bonds. The lowest BCUT2D eigenvalue weighted by Crippen LogP contribution is -2.18. The highest BCUT2D eigenvalue weighted by Gasteiger charge is 2.15. The number of hydrogen-bond donors (Lipinski definition) is 3. The minimum atomic E-state index is -1.87. The zero-order valence-electron chi connectivity index (χ0n) is 31.4. The molecule has 0 bridgehead atoms. The maximum Gasteiger partial charge on any atom is 0.329 e. The van der Waals surface area contributed by atoms with E-state index < -0.39 is 14.4 Å². The summed E-state index contributed by atoms with van der Waals surface area (Å²) in [5, 5.41) is 27.8. The number of hydrogen-bond acceptors (Lipinski definition) is 10. The van der Waals surface area contributed by atoms with E-state index in [1.54, 1.807) is 17.7 Å². The van der Waals surface area contributed by atoms with Crippen molar-refractivity contribution in [2.45, 2.75) is 141 Å². The van der Waals surface area contributed by atoms with Gasteiger partial charge < -0.3 is 29.5 Å². The molecular formula is C39H62FN6O5P. The number of ether oxygens (including phenoxy) is 1. The Hall–Kier alpha value is -3.38. The van der Waals surface area contributed by atoms with E-state index in [1.807, 2.05) is 12.1 Å². The molecule has 1 aromatic carbocycles. The fourth-order valence-electron chi connectivity index (χ4n) is 5.74. The van der Waals surface area contributed by atoms with Gasteiger partial charge in [-0.25, -0.2) is 19.2 Å². The second kappa shape index (κ2) is 31.2. The summed E-state index contributed by atoms with van der Waals surface area (Å²) in [6.07, 6.45) is 27.2. The number of nitriles is 2. The van der Waals surface area contributed by atoms with E-state index in [0.717, 1.165) is 49.0 Å². The number of unbranched alkanes of at least 4 members (excludes halogenated alkanes) is 17. The van der Waals surface area contributed by atoms with Gasteiger partial charge in [0, 0.05) is 25.4 Å². The molecule has 2 atom stereocenters. The summed E-state index contributed by atoms with van der Waals surface area (Å²) in [5.74, 6) is -0.362. The van der Waals surface area contributed by atoms with E-state index in [9.17, 15) is 9.28 Å². The molecule has 4 N–H and O–H groups in total. The number of methoxy groups -OCH3 is 1. The van der Waals surface area contributed by atoms with Crippen molar-refractivity contribution < 1.29 is 28.2 Å². The molecule has 3 rings (SSSR count). The maximum absolute atomic E-state index is 12.3. The van der Waals surface area contributed by atoms with Crippen LogP contribution in [0.3, 0.4) is 0 Å². The number of fused-ring (bicyclic) bond motifs is 1. The summed E-state index contributed by atoms with van der Waals surface area (Å²) in [7, 11) is -0.219. The Bertz CT molecular complexity index is 1370. The van der Waals surface area contributed by atoms with E-state index in [0.29, 0.717) is 12.4 Å². The van der Waals surface area contributed by atoms with Crippen molar-refractivity contribution in [2.75, 3.05) is 26.1 Å². The third kappa shape index (κ3) is 21.9. The maximum atomic E-state index is 12.3. The van der Waals surface area contributed by atoms with Crippen LogP contribution in [0.4, 0.5) is 10.2 Å². The number of nitrogens with two attached hydrogens (primary N) is 1. The third-order valence-electron chi connectivity index (χ3n) is 8.70. The van der Waals surface area contributed by atoms with Crippen molar-refractivity contribution in [3.8, 4) is 18.4 Å². The molecule has 0 aliphatic rings. The molecule has 2 aromatic heterocycles. The van der Waals surface area contributed by atoms with Crippen molar-refractivity contribution >= 4 is 19.9 Å². The molecule has 2 unspecified atom stereocenters. The van der Waals surface area contributed by atoms with Gasteiger partial charge in [0.1, 0.15) is 23.4 Å². The first-order valence-corrected chi connectivity index (χ1v) is 20.0. The Balaban J connectivity index is 0.000000955. The summed E-state index contributed by atoms with van der Waals surface area (Å²) in [4.78, 5) is 14.1. The number of aryl methyl sites for hydroxylation is 1. The predicted octanol–water partition coefficient (Wildman–Crippen LogP) is 10.1. The van der Waals surface area contributed by atoms with Gasteiger partial charge in [-0.2, -0.15) is 10.4 Å². The minimum absolute atomic E-state index is 0.123. The Kier molecular flexibility index (Phi) is 28.0. The zero-order valence-corrected chi connectivity index (χ0v) is 32.3. The molecule has 0 aliphatic heterocycles. The number of aromatic hydroxyl groups is 1. The molecule has 13 heteroatoms. The number of rotatable bonds is 27. The number of benzene rings is 1. The van der Waals surface area contributed by atoms with Crippen LogP contribution in [0.25, 0.3) is 5.52 Å². The van der Waals surface area contributed by atoms with E-state index in [1.165, 1.54) is 115 Å². The monoisotopic (exact) mass is 744 g/mol. The second-order valence-electron chi connectivity index (χ2n) is 12.9. The average Bonchev–Trinajstić information content (AvgIpc) is 3.57. The van der Waals surface area contributed by atoms with Crippen molar-refractivity contribution in [3.05, 3.63) is 53.7 Å². The molecule has 52 heavy (non-hydrogen) atoms. The van der Waals surface area contributed by atoms with Crippen LogP contribution in [0.5, 0.6) is 5.75 Å². The first kappa shape index (κ1) is 46.6. The van der Waals surface area contributed by atoms with Crippen LogP contribution in [-0.4, -0.2) is 51.0 Å². The van der Waals surface area contributed by atoms with Crippen LogP contribution in [0.1, 0.15) is 140 Å². The van der Waals surface area contributed by atoms with Crippen LogP contribution in [0, 0.1) is 29.0 Å². The van der Waals surface area contributed by atoms with Gasteiger partial charge in [-0.3, -0.25) is 0 Å². The van der Waals surface area contributed by atoms with Gasteiger partial charge in [-0.15, -0.1) is 0 Å². The molecule has 0 saturated heterocycles. The molecule has 2 heterocycles. The topological polar surface area (TPSA) is 172 Å². The summed E-state index contributed by atoms with van der Waals surface area (Å²) in [6.45, 7) is 6.61. The molecule has 0 saturated carbocycles. The molecule has 0 spiro atoms. The fraction of sp³-hybridized carbons (Fsp3) is 0.641. The Morgan fingerprint density at radius 3 is 1.96 bits per heavy atom. The van der Waals surface area contributed by atoms with Gasteiger partial charge in [0.05, 0.1) is 31.0 Å². The van der Waals surface area contributed by atoms with Gasteiger partial charge in [0.25, 0.3) is 0 Å². The van der Waals surface area contributed by atoms with Crippen molar-refractivity contribution in [2.24, 2.45) is 0 Å². The summed E-state index contributed by atoms with van der Waals surface area (Å²) < 4.78 is 30.7. The Labute approximate surface area is 312 Å². The van der Waals surface area contributed by atoms with Crippen molar-refractivity contribution in [3.63, 3.8) is 0 Å². The summed E-state index contributed by atoms with van der Waals surface area (Å²) in [5.41, 5.74) is 7.86. The van der Waals surface area contributed by atoms with Crippen LogP contribution in [0.2, 0.25) is 0 Å². The lowest BCUT2D eigenvalue weighted by molar-refractivity contribution is 0.0440.